The van der Waals surface area contributed by atoms with Crippen molar-refractivity contribution in [2.24, 2.45) is 33.7 Å². The van der Waals surface area contributed by atoms with Gasteiger partial charge in [-0.2, -0.15) is 0 Å². The molecule has 21 heavy (non-hydrogen) atoms. The number of rotatable bonds is 4. The second kappa shape index (κ2) is 7.68. The van der Waals surface area contributed by atoms with Crippen molar-refractivity contribution < 1.29 is 9.59 Å². The molecule has 6 unspecified atom stereocenters. The Balaban J connectivity index is 1.81. The number of hydrogen-bond acceptors (Lipinski definition) is 4. The third-order valence-electron chi connectivity index (χ3n) is 5.57. The average molecular weight is 290 g/mol. The Morgan fingerprint density at radius 2 is 1.24 bits per heavy atom. The lowest BCUT2D eigenvalue weighted by atomic mass is 9.71. The van der Waals surface area contributed by atoms with Gasteiger partial charge in [0.25, 0.3) is 0 Å². The molecule has 4 heteroatoms. The second-order valence-corrected chi connectivity index (χ2v) is 7.12. The number of isocyanates is 2. The molecule has 4 nitrogen and oxygen atoms in total. The van der Waals surface area contributed by atoms with Crippen molar-refractivity contribution in [3.63, 3.8) is 0 Å². The van der Waals surface area contributed by atoms with E-state index in [0.717, 1.165) is 24.7 Å². The maximum Gasteiger partial charge on any atom is 0.235 e. The minimum Gasteiger partial charge on any atom is -0.211 e. The monoisotopic (exact) mass is 290 g/mol. The molecule has 2 aliphatic rings. The molecule has 0 spiro atoms. The highest BCUT2D eigenvalue weighted by atomic mass is 16.1. The van der Waals surface area contributed by atoms with Crippen molar-refractivity contribution in [1.29, 1.82) is 0 Å². The van der Waals surface area contributed by atoms with E-state index in [0.29, 0.717) is 11.8 Å². The Labute approximate surface area is 127 Å². The highest BCUT2D eigenvalue weighted by Crippen LogP contribution is 2.40. The van der Waals surface area contributed by atoms with Gasteiger partial charge in [0.2, 0.25) is 12.2 Å². The van der Waals surface area contributed by atoms with Crippen LogP contribution in [0.1, 0.15) is 58.8 Å². The topological polar surface area (TPSA) is 58.9 Å². The number of hydrogen-bond donors (Lipinski definition) is 0. The summed E-state index contributed by atoms with van der Waals surface area (Å²) in [6.07, 6.45) is 11.5. The standard InChI is InChI=1S/C17H26N2O2/c1-12-7-14(3-5-16(12)18-10-20)9-15-4-6-17(19-11-21)13(2)8-15/h12-17H,3-9H2,1-2H3. The number of nitrogens with zero attached hydrogens (tertiary/aromatic N) is 2. The lowest BCUT2D eigenvalue weighted by Gasteiger charge is -2.36. The molecule has 116 valence electrons. The quantitative estimate of drug-likeness (QED) is 0.586. The van der Waals surface area contributed by atoms with Gasteiger partial charge in [0.1, 0.15) is 0 Å². The molecule has 0 saturated heterocycles. The summed E-state index contributed by atoms with van der Waals surface area (Å²) >= 11 is 0. The fourth-order valence-corrected chi connectivity index (χ4v) is 4.40. The van der Waals surface area contributed by atoms with Crippen LogP contribution in [0.2, 0.25) is 0 Å². The first kappa shape index (κ1) is 16.1. The molecular weight excluding hydrogens is 264 g/mol. The van der Waals surface area contributed by atoms with Crippen LogP contribution in [-0.2, 0) is 9.59 Å². The molecule has 2 saturated carbocycles. The molecule has 0 aliphatic heterocycles. The van der Waals surface area contributed by atoms with Crippen molar-refractivity contribution in [2.45, 2.75) is 70.9 Å². The molecule has 0 aromatic heterocycles. The average Bonchev–Trinajstić information content (AvgIpc) is 2.45. The van der Waals surface area contributed by atoms with Crippen molar-refractivity contribution in [1.82, 2.24) is 0 Å². The summed E-state index contributed by atoms with van der Waals surface area (Å²) in [6, 6.07) is 0.380. The highest BCUT2D eigenvalue weighted by Gasteiger charge is 2.32. The molecule has 0 aromatic carbocycles. The maximum absolute atomic E-state index is 10.4. The SMILES string of the molecule is CC1CC(CC2CCC(N=C=O)C(C)C2)CCC1N=C=O. The van der Waals surface area contributed by atoms with E-state index in [2.05, 4.69) is 23.8 Å². The summed E-state index contributed by atoms with van der Waals surface area (Å²) in [6.45, 7) is 4.41. The van der Waals surface area contributed by atoms with E-state index in [4.69, 9.17) is 0 Å². The van der Waals surface area contributed by atoms with E-state index in [1.54, 1.807) is 12.2 Å². The van der Waals surface area contributed by atoms with Gasteiger partial charge in [0.15, 0.2) is 0 Å². The minimum atomic E-state index is 0.190. The zero-order chi connectivity index (χ0) is 15.2. The van der Waals surface area contributed by atoms with Gasteiger partial charge in [-0.3, -0.25) is 0 Å². The maximum atomic E-state index is 10.4. The van der Waals surface area contributed by atoms with Crippen LogP contribution in [0.15, 0.2) is 9.98 Å². The van der Waals surface area contributed by atoms with Gasteiger partial charge in [0, 0.05) is 0 Å². The zero-order valence-corrected chi connectivity index (χ0v) is 13.1. The van der Waals surface area contributed by atoms with Crippen LogP contribution in [-0.4, -0.2) is 24.2 Å². The molecule has 2 fully saturated rings. The summed E-state index contributed by atoms with van der Waals surface area (Å²) in [5.74, 6) is 2.53. The fourth-order valence-electron chi connectivity index (χ4n) is 4.40. The molecule has 2 aliphatic carbocycles. The van der Waals surface area contributed by atoms with Crippen molar-refractivity contribution in [3.05, 3.63) is 0 Å². The lowest BCUT2D eigenvalue weighted by molar-refractivity contribution is 0.169. The van der Waals surface area contributed by atoms with Gasteiger partial charge in [-0.05, 0) is 68.6 Å². The normalized spacial score (nSPS) is 39.9. The number of aliphatic imine (C=N–C) groups is 2. The molecule has 0 heterocycles. The van der Waals surface area contributed by atoms with E-state index in [1.807, 2.05) is 0 Å². The van der Waals surface area contributed by atoms with Gasteiger partial charge in [-0.25, -0.2) is 19.6 Å². The first-order valence-electron chi connectivity index (χ1n) is 8.28. The molecule has 0 bridgehead atoms. The molecule has 6 atom stereocenters. The second-order valence-electron chi connectivity index (χ2n) is 7.12. The Kier molecular flexibility index (Phi) is 5.90. The molecule has 0 N–H and O–H groups in total. The van der Waals surface area contributed by atoms with Crippen LogP contribution in [0.5, 0.6) is 0 Å². The largest absolute Gasteiger partial charge is 0.235 e. The smallest absolute Gasteiger partial charge is 0.211 e. The summed E-state index contributed by atoms with van der Waals surface area (Å²) in [5.41, 5.74) is 0. The highest BCUT2D eigenvalue weighted by molar-refractivity contribution is 5.34. The van der Waals surface area contributed by atoms with E-state index >= 15 is 0 Å². The summed E-state index contributed by atoms with van der Waals surface area (Å²) in [4.78, 5) is 28.7. The van der Waals surface area contributed by atoms with Crippen molar-refractivity contribution >= 4 is 12.2 Å². The summed E-state index contributed by atoms with van der Waals surface area (Å²) < 4.78 is 0. The van der Waals surface area contributed by atoms with Gasteiger partial charge in [-0.1, -0.05) is 13.8 Å². The Bertz CT molecular complexity index is 398. The predicted molar refractivity (Wildman–Crippen MR) is 81.4 cm³/mol. The minimum absolute atomic E-state index is 0.190. The summed E-state index contributed by atoms with van der Waals surface area (Å²) in [5, 5.41) is 0. The van der Waals surface area contributed by atoms with Crippen LogP contribution < -0.4 is 0 Å². The molecular formula is C17H26N2O2. The Hall–Kier alpha value is -1.24. The van der Waals surface area contributed by atoms with Gasteiger partial charge in [0.05, 0.1) is 12.1 Å². The van der Waals surface area contributed by atoms with E-state index < -0.39 is 0 Å². The van der Waals surface area contributed by atoms with Gasteiger partial charge < -0.3 is 0 Å². The predicted octanol–water partition coefficient (Wildman–Crippen LogP) is 3.66. The van der Waals surface area contributed by atoms with E-state index in [1.165, 1.54) is 32.1 Å². The number of carbonyl (C=O) groups excluding carboxylic acids is 2. The molecule has 2 rings (SSSR count). The van der Waals surface area contributed by atoms with Crippen LogP contribution >= 0.6 is 0 Å². The molecule has 0 aromatic rings. The molecule has 0 radical (unpaired) electrons. The van der Waals surface area contributed by atoms with Crippen LogP contribution in [0.3, 0.4) is 0 Å². The first-order chi connectivity index (χ1) is 10.1. The van der Waals surface area contributed by atoms with Crippen LogP contribution in [0.4, 0.5) is 0 Å². The Morgan fingerprint density at radius 3 is 1.57 bits per heavy atom. The third kappa shape index (κ3) is 4.36. The Morgan fingerprint density at radius 1 is 0.810 bits per heavy atom. The van der Waals surface area contributed by atoms with Gasteiger partial charge in [-0.15, -0.1) is 0 Å². The first-order valence-corrected chi connectivity index (χ1v) is 8.28. The van der Waals surface area contributed by atoms with Crippen LogP contribution in [0, 0.1) is 23.7 Å². The third-order valence-corrected chi connectivity index (χ3v) is 5.57. The van der Waals surface area contributed by atoms with Crippen molar-refractivity contribution in [3.8, 4) is 0 Å². The van der Waals surface area contributed by atoms with Crippen molar-refractivity contribution in [2.75, 3.05) is 0 Å². The molecule has 0 amide bonds. The lowest BCUT2D eigenvalue weighted by Crippen LogP contribution is -2.30. The summed E-state index contributed by atoms with van der Waals surface area (Å²) in [7, 11) is 0. The fraction of sp³-hybridized carbons (Fsp3) is 0.882. The van der Waals surface area contributed by atoms with E-state index in [9.17, 15) is 9.59 Å². The van der Waals surface area contributed by atoms with Gasteiger partial charge >= 0.3 is 0 Å². The zero-order valence-electron chi connectivity index (χ0n) is 13.1. The van der Waals surface area contributed by atoms with Crippen LogP contribution in [0.25, 0.3) is 0 Å². The van der Waals surface area contributed by atoms with E-state index in [-0.39, 0.29) is 12.1 Å².